The zero-order valence-corrected chi connectivity index (χ0v) is 16.7. The minimum Gasteiger partial charge on any atom is -0.494 e. The second kappa shape index (κ2) is 11.4. The molecule has 29 heavy (non-hydrogen) atoms. The van der Waals surface area contributed by atoms with Gasteiger partial charge >= 0.3 is 0 Å². The molecule has 0 amide bonds. The molecule has 154 valence electrons. The number of hydrogen-bond donors (Lipinski definition) is 2. The van der Waals surface area contributed by atoms with Gasteiger partial charge in [-0.2, -0.15) is 0 Å². The Kier molecular flexibility index (Phi) is 8.28. The average Bonchev–Trinajstić information content (AvgIpc) is 2.76. The molecule has 5 heteroatoms. The number of hydrogen-bond acceptors (Lipinski definition) is 5. The van der Waals surface area contributed by atoms with Crippen LogP contribution in [0.4, 0.5) is 0 Å². The monoisotopic (exact) mass is 395 g/mol. The maximum absolute atomic E-state index is 12.5. The van der Waals surface area contributed by atoms with Crippen molar-refractivity contribution in [1.82, 2.24) is 5.32 Å². The van der Waals surface area contributed by atoms with Gasteiger partial charge in [0.2, 0.25) is 0 Å². The van der Waals surface area contributed by atoms with Gasteiger partial charge in [-0.25, -0.2) is 0 Å². The number of aliphatic hydroxyl groups excluding tert-OH is 1. The summed E-state index contributed by atoms with van der Waals surface area (Å²) in [6, 6.07) is 16.6. The lowest BCUT2D eigenvalue weighted by atomic mass is 10.1. The van der Waals surface area contributed by atoms with E-state index < -0.39 is 0 Å². The molecule has 0 aliphatic carbocycles. The predicted molar refractivity (Wildman–Crippen MR) is 116 cm³/mol. The number of rotatable bonds is 12. The molecule has 0 aliphatic heterocycles. The summed E-state index contributed by atoms with van der Waals surface area (Å²) < 4.78 is 11.7. The van der Waals surface area contributed by atoms with E-state index in [-0.39, 0.29) is 12.0 Å². The lowest BCUT2D eigenvalue weighted by molar-refractivity contribution is 0.285. The van der Waals surface area contributed by atoms with Crippen molar-refractivity contribution in [1.29, 1.82) is 0 Å². The number of ether oxygens (including phenoxy) is 1. The standard InChI is InChI=1S/C24H29NO4/c26-15-8-14-25-13-6-1-2-7-16-28-20-11-12-23-21(17-20)22(27)18-24(29-23)19-9-4-3-5-10-19/h3-5,9-12,17-18,25-26H,1-2,6-8,13-16H2. The third-order valence-corrected chi connectivity index (χ3v) is 4.79. The number of fused-ring (bicyclic) bond motifs is 1. The van der Waals surface area contributed by atoms with Crippen molar-refractivity contribution in [3.05, 3.63) is 64.8 Å². The Bertz CT molecular complexity index is 937. The first-order valence-corrected chi connectivity index (χ1v) is 10.4. The van der Waals surface area contributed by atoms with Gasteiger partial charge in [0, 0.05) is 18.2 Å². The molecule has 0 radical (unpaired) electrons. The van der Waals surface area contributed by atoms with E-state index in [9.17, 15) is 4.79 Å². The minimum atomic E-state index is -0.0655. The zero-order chi connectivity index (χ0) is 20.3. The van der Waals surface area contributed by atoms with Gasteiger partial charge in [0.25, 0.3) is 0 Å². The van der Waals surface area contributed by atoms with Gasteiger partial charge in [-0.1, -0.05) is 43.2 Å². The van der Waals surface area contributed by atoms with E-state index in [0.29, 0.717) is 29.1 Å². The van der Waals surface area contributed by atoms with Crippen molar-refractivity contribution in [2.45, 2.75) is 32.1 Å². The van der Waals surface area contributed by atoms with Gasteiger partial charge in [0.05, 0.1) is 12.0 Å². The van der Waals surface area contributed by atoms with Gasteiger partial charge < -0.3 is 19.6 Å². The maximum Gasteiger partial charge on any atom is 0.193 e. The molecule has 0 bridgehead atoms. The zero-order valence-electron chi connectivity index (χ0n) is 16.7. The first-order valence-electron chi connectivity index (χ1n) is 10.4. The third-order valence-electron chi connectivity index (χ3n) is 4.79. The van der Waals surface area contributed by atoms with Crippen LogP contribution in [0, 0.1) is 0 Å². The molecule has 1 aromatic heterocycles. The van der Waals surface area contributed by atoms with Gasteiger partial charge in [0.1, 0.15) is 17.1 Å². The highest BCUT2D eigenvalue weighted by Crippen LogP contribution is 2.24. The maximum atomic E-state index is 12.5. The Labute approximate surface area is 171 Å². The van der Waals surface area contributed by atoms with Crippen molar-refractivity contribution in [3.63, 3.8) is 0 Å². The molecular weight excluding hydrogens is 366 g/mol. The lowest BCUT2D eigenvalue weighted by Gasteiger charge is -2.08. The van der Waals surface area contributed by atoms with E-state index in [2.05, 4.69) is 5.32 Å². The van der Waals surface area contributed by atoms with E-state index in [4.69, 9.17) is 14.3 Å². The summed E-state index contributed by atoms with van der Waals surface area (Å²) in [6.07, 6.45) is 5.19. The quantitative estimate of drug-likeness (QED) is 0.446. The van der Waals surface area contributed by atoms with E-state index in [1.165, 1.54) is 6.07 Å². The van der Waals surface area contributed by atoms with Crippen LogP contribution < -0.4 is 15.5 Å². The second-order valence-corrected chi connectivity index (χ2v) is 7.09. The van der Waals surface area contributed by atoms with Crippen LogP contribution in [0.1, 0.15) is 32.1 Å². The fourth-order valence-corrected chi connectivity index (χ4v) is 3.19. The molecule has 0 saturated carbocycles. The van der Waals surface area contributed by atoms with Gasteiger partial charge in [-0.05, 0) is 50.6 Å². The Hall–Kier alpha value is -2.63. The molecule has 2 N–H and O–H groups in total. The minimum absolute atomic E-state index is 0.0655. The van der Waals surface area contributed by atoms with Gasteiger partial charge in [-0.3, -0.25) is 4.79 Å². The first-order chi connectivity index (χ1) is 14.3. The number of aliphatic hydroxyl groups is 1. The Morgan fingerprint density at radius 1 is 0.897 bits per heavy atom. The molecule has 0 unspecified atom stereocenters. The topological polar surface area (TPSA) is 71.7 Å². The van der Waals surface area contributed by atoms with E-state index in [0.717, 1.165) is 50.8 Å². The molecule has 1 heterocycles. The summed E-state index contributed by atoms with van der Waals surface area (Å²) >= 11 is 0. The van der Waals surface area contributed by atoms with Crippen molar-refractivity contribution in [2.24, 2.45) is 0 Å². The lowest BCUT2D eigenvalue weighted by Crippen LogP contribution is -2.17. The highest BCUT2D eigenvalue weighted by atomic mass is 16.5. The number of unbranched alkanes of at least 4 members (excludes halogenated alkanes) is 3. The van der Waals surface area contributed by atoms with Crippen molar-refractivity contribution >= 4 is 11.0 Å². The fraction of sp³-hybridized carbons (Fsp3) is 0.375. The normalized spacial score (nSPS) is 11.1. The first kappa shape index (κ1) is 21.1. The molecule has 0 aliphatic rings. The van der Waals surface area contributed by atoms with E-state index in [1.807, 2.05) is 36.4 Å². The van der Waals surface area contributed by atoms with Crippen LogP contribution in [0.3, 0.4) is 0 Å². The molecule has 2 aromatic carbocycles. The van der Waals surface area contributed by atoms with Gasteiger partial charge in [-0.15, -0.1) is 0 Å². The van der Waals surface area contributed by atoms with Crippen molar-refractivity contribution < 1.29 is 14.3 Å². The van der Waals surface area contributed by atoms with E-state index >= 15 is 0 Å². The second-order valence-electron chi connectivity index (χ2n) is 7.09. The highest BCUT2D eigenvalue weighted by molar-refractivity contribution is 5.80. The molecule has 0 atom stereocenters. The summed E-state index contributed by atoms with van der Waals surface area (Å²) in [5.41, 5.74) is 1.39. The highest BCUT2D eigenvalue weighted by Gasteiger charge is 2.08. The smallest absolute Gasteiger partial charge is 0.193 e. The van der Waals surface area contributed by atoms with Crippen molar-refractivity contribution in [3.8, 4) is 17.1 Å². The van der Waals surface area contributed by atoms with Crippen LogP contribution >= 0.6 is 0 Å². The summed E-state index contributed by atoms with van der Waals surface area (Å²) in [6.45, 7) is 2.75. The summed E-state index contributed by atoms with van der Waals surface area (Å²) in [4.78, 5) is 12.5. The largest absolute Gasteiger partial charge is 0.494 e. The van der Waals surface area contributed by atoms with Crippen molar-refractivity contribution in [2.75, 3.05) is 26.3 Å². The molecule has 0 saturated heterocycles. The van der Waals surface area contributed by atoms with Crippen LogP contribution in [-0.2, 0) is 0 Å². The third kappa shape index (κ3) is 6.44. The number of benzene rings is 2. The molecule has 3 rings (SSSR count). The van der Waals surface area contributed by atoms with Crippen LogP contribution in [0.2, 0.25) is 0 Å². The summed E-state index contributed by atoms with van der Waals surface area (Å²) in [7, 11) is 0. The SMILES string of the molecule is O=c1cc(-c2ccccc2)oc2ccc(OCCCCCCNCCCO)cc12. The number of nitrogens with one attached hydrogen (secondary N) is 1. The van der Waals surface area contributed by atoms with Crippen LogP contribution in [0.15, 0.2) is 63.8 Å². The molecule has 0 fully saturated rings. The van der Waals surface area contributed by atoms with Crippen LogP contribution in [0.5, 0.6) is 5.75 Å². The van der Waals surface area contributed by atoms with Crippen LogP contribution in [-0.4, -0.2) is 31.4 Å². The summed E-state index contributed by atoms with van der Waals surface area (Å²) in [5, 5.41) is 12.6. The predicted octanol–water partition coefficient (Wildman–Crippen LogP) is 4.37. The molecule has 0 spiro atoms. The molecule has 5 nitrogen and oxygen atoms in total. The summed E-state index contributed by atoms with van der Waals surface area (Å²) in [5.74, 6) is 1.27. The Morgan fingerprint density at radius 2 is 1.69 bits per heavy atom. The Balaban J connectivity index is 1.48. The van der Waals surface area contributed by atoms with Crippen LogP contribution in [0.25, 0.3) is 22.3 Å². The fourth-order valence-electron chi connectivity index (χ4n) is 3.19. The average molecular weight is 395 g/mol. The molecule has 3 aromatic rings. The molecular formula is C24H29NO4. The van der Waals surface area contributed by atoms with E-state index in [1.54, 1.807) is 12.1 Å². The van der Waals surface area contributed by atoms with Gasteiger partial charge in [0.15, 0.2) is 5.43 Å². The Morgan fingerprint density at radius 3 is 2.52 bits per heavy atom.